The molecular formula is C25H37ClIN7. The number of likely N-dealkylation sites (tertiary alicyclic amines) is 1. The Hall–Kier alpha value is -1.39. The van der Waals surface area contributed by atoms with Crippen LogP contribution in [0.15, 0.2) is 12.1 Å². The summed E-state index contributed by atoms with van der Waals surface area (Å²) >= 11 is 8.85. The van der Waals surface area contributed by atoms with Crippen molar-refractivity contribution in [2.45, 2.75) is 69.3 Å². The Bertz CT molecular complexity index is 951. The lowest BCUT2D eigenvalue weighted by Gasteiger charge is -2.23. The van der Waals surface area contributed by atoms with Crippen LogP contribution in [0.1, 0.15) is 63.0 Å². The van der Waals surface area contributed by atoms with Crippen molar-refractivity contribution < 1.29 is 0 Å². The Balaban J connectivity index is 1.51. The first-order valence-electron chi connectivity index (χ1n) is 12.7. The van der Waals surface area contributed by atoms with E-state index in [4.69, 9.17) is 26.6 Å². The molecule has 0 bridgehead atoms. The zero-order valence-electron chi connectivity index (χ0n) is 20.3. The predicted molar refractivity (Wildman–Crippen MR) is 151 cm³/mol. The van der Waals surface area contributed by atoms with Crippen LogP contribution < -0.4 is 16.0 Å². The molecule has 2 heterocycles. The summed E-state index contributed by atoms with van der Waals surface area (Å²) in [4.78, 5) is 16.6. The first-order valence-corrected chi connectivity index (χ1v) is 14.6. The second-order valence-corrected chi connectivity index (χ2v) is 10.7. The van der Waals surface area contributed by atoms with Gasteiger partial charge in [0.2, 0.25) is 17.8 Å². The highest BCUT2D eigenvalue weighted by Crippen LogP contribution is 2.28. The SMILES string of the molecule is CCN1CCCC1CNc1nc(NCC2CCCCC2)nc(Nc2cc(Cl)c(C)c(CI)c2)n1. The van der Waals surface area contributed by atoms with Crippen LogP contribution >= 0.6 is 34.2 Å². The second-order valence-electron chi connectivity index (χ2n) is 9.50. The van der Waals surface area contributed by atoms with E-state index in [9.17, 15) is 0 Å². The summed E-state index contributed by atoms with van der Waals surface area (Å²) in [7, 11) is 0. The zero-order valence-corrected chi connectivity index (χ0v) is 23.3. The maximum absolute atomic E-state index is 6.49. The number of anilines is 4. The summed E-state index contributed by atoms with van der Waals surface area (Å²) in [5.74, 6) is 2.45. The molecule has 0 radical (unpaired) electrons. The molecule has 2 aromatic rings. The third-order valence-corrected chi connectivity index (χ3v) is 8.38. The molecule has 0 spiro atoms. The Morgan fingerprint density at radius 3 is 2.38 bits per heavy atom. The minimum absolute atomic E-state index is 0.527. The van der Waals surface area contributed by atoms with Crippen LogP contribution in [0, 0.1) is 12.8 Å². The highest BCUT2D eigenvalue weighted by atomic mass is 127. The van der Waals surface area contributed by atoms with E-state index in [1.165, 1.54) is 57.1 Å². The summed E-state index contributed by atoms with van der Waals surface area (Å²) in [5, 5.41) is 11.1. The molecule has 3 N–H and O–H groups in total. The number of hydrogen-bond donors (Lipinski definition) is 3. The van der Waals surface area contributed by atoms with E-state index in [2.05, 4.69) is 63.4 Å². The predicted octanol–water partition coefficient (Wildman–Crippen LogP) is 6.40. The number of hydrogen-bond acceptors (Lipinski definition) is 7. The normalized spacial score (nSPS) is 19.4. The Morgan fingerprint density at radius 1 is 0.971 bits per heavy atom. The van der Waals surface area contributed by atoms with Crippen LogP contribution in [-0.4, -0.2) is 52.1 Å². The van der Waals surface area contributed by atoms with Gasteiger partial charge < -0.3 is 16.0 Å². The van der Waals surface area contributed by atoms with E-state index in [1.807, 2.05) is 6.07 Å². The van der Waals surface area contributed by atoms with Crippen molar-refractivity contribution in [2.75, 3.05) is 42.1 Å². The molecule has 1 saturated carbocycles. The maximum atomic E-state index is 6.49. The fraction of sp³-hybridized carbons (Fsp3) is 0.640. The molecule has 1 aromatic heterocycles. The Morgan fingerprint density at radius 2 is 1.68 bits per heavy atom. The minimum atomic E-state index is 0.527. The molecule has 7 nitrogen and oxygen atoms in total. The number of nitrogens with zero attached hydrogens (tertiary/aromatic N) is 4. The molecule has 186 valence electrons. The molecule has 1 saturated heterocycles. The first kappa shape index (κ1) is 25.7. The van der Waals surface area contributed by atoms with Gasteiger partial charge in [0, 0.05) is 34.3 Å². The van der Waals surface area contributed by atoms with Gasteiger partial charge in [0.15, 0.2) is 0 Å². The molecule has 34 heavy (non-hydrogen) atoms. The minimum Gasteiger partial charge on any atom is -0.354 e. The topological polar surface area (TPSA) is 78.0 Å². The monoisotopic (exact) mass is 597 g/mol. The fourth-order valence-corrected chi connectivity index (χ4v) is 6.08. The van der Waals surface area contributed by atoms with Crippen molar-refractivity contribution in [2.24, 2.45) is 5.92 Å². The summed E-state index contributed by atoms with van der Waals surface area (Å²) < 4.78 is 0.895. The number of alkyl halides is 1. The summed E-state index contributed by atoms with van der Waals surface area (Å²) in [6.45, 7) is 8.29. The van der Waals surface area contributed by atoms with Crippen molar-refractivity contribution in [3.8, 4) is 0 Å². The van der Waals surface area contributed by atoms with Crippen LogP contribution in [-0.2, 0) is 4.43 Å². The van der Waals surface area contributed by atoms with Gasteiger partial charge in [0.1, 0.15) is 0 Å². The number of halogens is 2. The van der Waals surface area contributed by atoms with Gasteiger partial charge in [-0.05, 0) is 74.9 Å². The molecular weight excluding hydrogens is 561 g/mol. The second kappa shape index (κ2) is 12.5. The number of likely N-dealkylation sites (N-methyl/N-ethyl adjacent to an activating group) is 1. The van der Waals surface area contributed by atoms with Crippen LogP contribution in [0.4, 0.5) is 23.5 Å². The largest absolute Gasteiger partial charge is 0.354 e. The van der Waals surface area contributed by atoms with Crippen LogP contribution in [0.2, 0.25) is 5.02 Å². The third-order valence-electron chi connectivity index (χ3n) is 7.16. The number of benzene rings is 1. The first-order chi connectivity index (χ1) is 16.6. The molecule has 9 heteroatoms. The lowest BCUT2D eigenvalue weighted by molar-refractivity contribution is 0.277. The molecule has 2 aliphatic rings. The highest BCUT2D eigenvalue weighted by molar-refractivity contribution is 14.1. The van der Waals surface area contributed by atoms with Crippen molar-refractivity contribution >= 4 is 57.7 Å². The summed E-state index contributed by atoms with van der Waals surface area (Å²) in [6, 6.07) is 4.59. The highest BCUT2D eigenvalue weighted by Gasteiger charge is 2.23. The molecule has 1 unspecified atom stereocenters. The van der Waals surface area contributed by atoms with E-state index in [1.54, 1.807) is 0 Å². The molecule has 1 aliphatic heterocycles. The van der Waals surface area contributed by atoms with Crippen molar-refractivity contribution in [1.82, 2.24) is 19.9 Å². The standard InChI is InChI=1S/C25H37ClIN7/c1-3-34-11-7-10-21(34)16-29-24-31-23(28-15-18-8-5-4-6-9-18)32-25(33-24)30-20-12-19(14-27)17(2)22(26)13-20/h12-13,18,21H,3-11,14-16H2,1-2H3,(H3,28,29,30,31,32,33). The Labute approximate surface area is 222 Å². The van der Waals surface area contributed by atoms with E-state index < -0.39 is 0 Å². The quantitative estimate of drug-likeness (QED) is 0.216. The summed E-state index contributed by atoms with van der Waals surface area (Å²) in [5.41, 5.74) is 3.22. The van der Waals surface area contributed by atoms with Crippen molar-refractivity contribution in [1.29, 1.82) is 0 Å². The van der Waals surface area contributed by atoms with Crippen LogP contribution in [0.3, 0.4) is 0 Å². The van der Waals surface area contributed by atoms with Gasteiger partial charge in [-0.1, -0.05) is 60.4 Å². The zero-order chi connectivity index (χ0) is 23.9. The van der Waals surface area contributed by atoms with Crippen LogP contribution in [0.25, 0.3) is 0 Å². The molecule has 1 aliphatic carbocycles. The third kappa shape index (κ3) is 6.85. The molecule has 2 fully saturated rings. The average molecular weight is 598 g/mol. The van der Waals surface area contributed by atoms with Gasteiger partial charge >= 0.3 is 0 Å². The molecule has 1 atom stereocenters. The maximum Gasteiger partial charge on any atom is 0.233 e. The molecule has 0 amide bonds. The van der Waals surface area contributed by atoms with Gasteiger partial charge in [-0.25, -0.2) is 0 Å². The lowest BCUT2D eigenvalue weighted by Crippen LogP contribution is -2.35. The van der Waals surface area contributed by atoms with Crippen molar-refractivity contribution in [3.05, 3.63) is 28.3 Å². The van der Waals surface area contributed by atoms with E-state index in [-0.39, 0.29) is 0 Å². The number of nitrogens with one attached hydrogen (secondary N) is 3. The van der Waals surface area contributed by atoms with Crippen molar-refractivity contribution in [3.63, 3.8) is 0 Å². The number of rotatable bonds is 10. The van der Waals surface area contributed by atoms with E-state index in [0.717, 1.165) is 40.3 Å². The molecule has 1 aromatic carbocycles. The lowest BCUT2D eigenvalue weighted by atomic mass is 9.89. The van der Waals surface area contributed by atoms with Crippen LogP contribution in [0.5, 0.6) is 0 Å². The van der Waals surface area contributed by atoms with E-state index in [0.29, 0.717) is 29.8 Å². The van der Waals surface area contributed by atoms with E-state index >= 15 is 0 Å². The average Bonchev–Trinajstić information content (AvgIpc) is 3.32. The van der Waals surface area contributed by atoms with Gasteiger partial charge in [0.25, 0.3) is 0 Å². The summed E-state index contributed by atoms with van der Waals surface area (Å²) in [6.07, 6.45) is 9.04. The Kier molecular flexibility index (Phi) is 9.47. The van der Waals surface area contributed by atoms with Gasteiger partial charge in [-0.2, -0.15) is 15.0 Å². The van der Waals surface area contributed by atoms with Gasteiger partial charge in [0.05, 0.1) is 0 Å². The fourth-order valence-electron chi connectivity index (χ4n) is 5.04. The molecule has 4 rings (SSSR count). The van der Waals surface area contributed by atoms with Gasteiger partial charge in [-0.3, -0.25) is 4.90 Å². The smallest absolute Gasteiger partial charge is 0.233 e. The number of aromatic nitrogens is 3. The van der Waals surface area contributed by atoms with Gasteiger partial charge in [-0.15, -0.1) is 0 Å².